The Balaban J connectivity index is 3.62. The Bertz CT molecular complexity index is 1320. The molecule has 0 aliphatic carbocycles. The van der Waals surface area contributed by atoms with Crippen LogP contribution in [-0.4, -0.2) is 0 Å². The molecule has 0 saturated heterocycles. The van der Waals surface area contributed by atoms with E-state index in [1.54, 1.807) is 44.5 Å². The quantitative estimate of drug-likeness (QED) is 0.312. The van der Waals surface area contributed by atoms with E-state index < -0.39 is 0 Å². The lowest BCUT2D eigenvalue weighted by Gasteiger charge is -2.45. The predicted molar refractivity (Wildman–Crippen MR) is 215 cm³/mol. The van der Waals surface area contributed by atoms with Gasteiger partial charge in [-0.3, -0.25) is 0 Å². The molecule has 0 atom stereocenters. The summed E-state index contributed by atoms with van der Waals surface area (Å²) in [5.41, 5.74) is 15.6. The summed E-state index contributed by atoms with van der Waals surface area (Å²) < 4.78 is 0. The maximum Gasteiger partial charge on any atom is 0.00930 e. The lowest BCUT2D eigenvalue weighted by Crippen LogP contribution is -2.35. The van der Waals surface area contributed by atoms with E-state index in [2.05, 4.69) is 185 Å². The Morgan fingerprint density at radius 2 is 0.532 bits per heavy atom. The molecule has 0 nitrogen and oxygen atoms in total. The third kappa shape index (κ3) is 8.61. The largest absolute Gasteiger partial charge is 0.0645 e. The van der Waals surface area contributed by atoms with E-state index in [0.717, 1.165) is 6.42 Å². The zero-order valence-electron chi connectivity index (χ0n) is 36.4. The Morgan fingerprint density at radius 3 is 0.681 bits per heavy atom. The monoisotopic (exact) mass is 645 g/mol. The van der Waals surface area contributed by atoms with Gasteiger partial charge >= 0.3 is 0 Å². The Kier molecular flexibility index (Phi) is 10.9. The topological polar surface area (TPSA) is 0 Å². The van der Waals surface area contributed by atoms with Gasteiger partial charge < -0.3 is 0 Å². The number of hydrogen-bond acceptors (Lipinski definition) is 0. The molecule has 0 fully saturated rings. The first-order valence-electron chi connectivity index (χ1n) is 18.8. The van der Waals surface area contributed by atoms with Gasteiger partial charge in [0, 0.05) is 5.92 Å². The van der Waals surface area contributed by atoms with Crippen LogP contribution >= 0.6 is 0 Å². The first-order chi connectivity index (χ1) is 20.4. The van der Waals surface area contributed by atoms with E-state index in [0.29, 0.717) is 0 Å². The van der Waals surface area contributed by atoms with Gasteiger partial charge in [-0.2, -0.15) is 0 Å². The third-order valence-corrected chi connectivity index (χ3v) is 9.99. The average molecular weight is 645 g/mol. The molecule has 2 aromatic carbocycles. The van der Waals surface area contributed by atoms with E-state index in [-0.39, 0.29) is 49.2 Å². The van der Waals surface area contributed by atoms with Crippen molar-refractivity contribution in [3.63, 3.8) is 0 Å². The lowest BCUT2D eigenvalue weighted by molar-refractivity contribution is 0.464. The smallest absolute Gasteiger partial charge is 0.00930 e. The zero-order valence-corrected chi connectivity index (χ0v) is 36.4. The molecule has 0 aliphatic heterocycles. The molecule has 0 unspecified atom stereocenters. The Morgan fingerprint density at radius 1 is 0.319 bits per heavy atom. The van der Waals surface area contributed by atoms with Crippen LogP contribution in [0.25, 0.3) is 0 Å². The molecule has 47 heavy (non-hydrogen) atoms. The van der Waals surface area contributed by atoms with Gasteiger partial charge in [0.15, 0.2) is 0 Å². The van der Waals surface area contributed by atoms with Crippen LogP contribution in [0.1, 0.15) is 241 Å². The highest BCUT2D eigenvalue weighted by Crippen LogP contribution is 2.53. The Labute approximate surface area is 295 Å². The molecular formula is C47H80. The van der Waals surface area contributed by atoms with Crippen LogP contribution in [0, 0.1) is 0 Å². The second-order valence-corrected chi connectivity index (χ2v) is 23.2. The van der Waals surface area contributed by atoms with Crippen molar-refractivity contribution in [2.24, 2.45) is 0 Å². The van der Waals surface area contributed by atoms with E-state index in [1.807, 2.05) is 0 Å². The molecule has 0 heterocycles. The summed E-state index contributed by atoms with van der Waals surface area (Å²) in [6.07, 6.45) is 1.07. The third-order valence-electron chi connectivity index (χ3n) is 9.99. The molecule has 268 valence electrons. The highest BCUT2D eigenvalue weighted by atomic mass is 14.5. The van der Waals surface area contributed by atoms with Gasteiger partial charge in [0.05, 0.1) is 0 Å². The van der Waals surface area contributed by atoms with Gasteiger partial charge in [-0.15, -0.1) is 0 Å². The van der Waals surface area contributed by atoms with Crippen LogP contribution in [0.4, 0.5) is 0 Å². The van der Waals surface area contributed by atoms with Crippen molar-refractivity contribution in [3.8, 4) is 0 Å². The summed E-state index contributed by atoms with van der Waals surface area (Å²) >= 11 is 0. The molecule has 0 aromatic heterocycles. The van der Waals surface area contributed by atoms with Crippen LogP contribution in [0.15, 0.2) is 12.1 Å². The van der Waals surface area contributed by atoms with E-state index >= 15 is 0 Å². The minimum atomic E-state index is -0.0191. The van der Waals surface area contributed by atoms with Gasteiger partial charge in [-0.1, -0.05) is 185 Å². The summed E-state index contributed by atoms with van der Waals surface area (Å²) in [4.78, 5) is 0. The van der Waals surface area contributed by atoms with Gasteiger partial charge in [0.1, 0.15) is 0 Å². The second-order valence-electron chi connectivity index (χ2n) is 23.2. The molecule has 2 rings (SSSR count). The number of benzene rings is 2. The zero-order chi connectivity index (χ0) is 37.5. The summed E-state index contributed by atoms with van der Waals surface area (Å²) in [5, 5.41) is 0. The first kappa shape index (κ1) is 41.6. The molecular weight excluding hydrogens is 565 g/mol. The van der Waals surface area contributed by atoms with Crippen LogP contribution in [0.2, 0.25) is 0 Å². The maximum atomic E-state index is 2.70. The number of rotatable bonds is 3. The van der Waals surface area contributed by atoms with E-state index in [4.69, 9.17) is 0 Å². The summed E-state index contributed by atoms with van der Waals surface area (Å²) in [6, 6.07) is 5.39. The predicted octanol–water partition coefficient (Wildman–Crippen LogP) is 14.6. The SMILES string of the molecule is CCC(c1cc(C(C)(C)C)c(C(C)(C)C)c(C(C)(C)C)c1C(C)(C)C)c1cc(C(C)(C)C)c(C(C)(C)C)c(C(C)(C)C)c1C(C)(C)C. The highest BCUT2D eigenvalue weighted by molar-refractivity contribution is 5.63. The van der Waals surface area contributed by atoms with Crippen molar-refractivity contribution in [2.75, 3.05) is 0 Å². The molecule has 0 spiro atoms. The Hall–Kier alpha value is -1.56. The second kappa shape index (κ2) is 12.3. The minimum absolute atomic E-state index is 0.00435. The van der Waals surface area contributed by atoms with Gasteiger partial charge in [0.25, 0.3) is 0 Å². The van der Waals surface area contributed by atoms with Crippen molar-refractivity contribution in [2.45, 2.75) is 229 Å². The van der Waals surface area contributed by atoms with Crippen LogP contribution < -0.4 is 0 Å². The fourth-order valence-corrected chi connectivity index (χ4v) is 8.42. The van der Waals surface area contributed by atoms with Crippen LogP contribution in [0.5, 0.6) is 0 Å². The van der Waals surface area contributed by atoms with Crippen molar-refractivity contribution in [1.29, 1.82) is 0 Å². The molecule has 0 N–H and O–H groups in total. The highest BCUT2D eigenvalue weighted by Gasteiger charge is 2.42. The molecule has 0 amide bonds. The summed E-state index contributed by atoms with van der Waals surface area (Å²) in [5.74, 6) is 0.283. The number of hydrogen-bond donors (Lipinski definition) is 0. The normalized spacial score (nSPS) is 14.8. The fraction of sp³-hybridized carbons (Fsp3) is 0.745. The van der Waals surface area contributed by atoms with E-state index in [1.165, 1.54) is 11.1 Å². The molecule has 0 radical (unpaired) electrons. The van der Waals surface area contributed by atoms with Crippen molar-refractivity contribution in [3.05, 3.63) is 67.8 Å². The van der Waals surface area contributed by atoms with Crippen molar-refractivity contribution in [1.82, 2.24) is 0 Å². The van der Waals surface area contributed by atoms with Gasteiger partial charge in [0.2, 0.25) is 0 Å². The summed E-state index contributed by atoms with van der Waals surface area (Å²) in [6.45, 7) is 61.2. The molecule has 0 saturated carbocycles. The van der Waals surface area contributed by atoms with Gasteiger partial charge in [-0.05, 0) is 105 Å². The van der Waals surface area contributed by atoms with Crippen LogP contribution in [0.3, 0.4) is 0 Å². The standard InChI is InChI=1S/C47H80/c1-26-29(30-27-32(40(2,3)4)36(44(14,15)16)38(46(20,21)22)34(30)42(8,9)10)31-28-33(41(5,6)7)37(45(17,18)19)39(47(23,24)25)35(31)43(11,12)13/h27-29H,26H2,1-25H3. The molecule has 2 aromatic rings. The lowest BCUT2D eigenvalue weighted by atomic mass is 9.59. The molecule has 0 aliphatic rings. The average Bonchev–Trinajstić information content (AvgIpc) is 2.77. The van der Waals surface area contributed by atoms with E-state index in [9.17, 15) is 0 Å². The summed E-state index contributed by atoms with van der Waals surface area (Å²) in [7, 11) is 0. The fourth-order valence-electron chi connectivity index (χ4n) is 8.42. The molecule has 0 heteroatoms. The van der Waals surface area contributed by atoms with Crippen molar-refractivity contribution < 1.29 is 0 Å². The minimum Gasteiger partial charge on any atom is -0.0645 e. The molecule has 0 bridgehead atoms. The van der Waals surface area contributed by atoms with Crippen LogP contribution in [-0.2, 0) is 43.3 Å². The first-order valence-corrected chi connectivity index (χ1v) is 18.8. The maximum absolute atomic E-state index is 2.70. The van der Waals surface area contributed by atoms with Gasteiger partial charge in [-0.25, -0.2) is 0 Å². The van der Waals surface area contributed by atoms with Crippen molar-refractivity contribution >= 4 is 0 Å².